The number of benzene rings is 1. The van der Waals surface area contributed by atoms with E-state index in [0.29, 0.717) is 17.8 Å². The van der Waals surface area contributed by atoms with Crippen LogP contribution in [0.15, 0.2) is 59.7 Å². The lowest BCUT2D eigenvalue weighted by molar-refractivity contribution is -0.153. The first-order valence-corrected chi connectivity index (χ1v) is 28.3. The van der Waals surface area contributed by atoms with Gasteiger partial charge in [0.15, 0.2) is 16.6 Å². The first kappa shape index (κ1) is 46.0. The minimum absolute atomic E-state index is 0.0394. The van der Waals surface area contributed by atoms with E-state index in [1.165, 1.54) is 23.6 Å². The Morgan fingerprint density at radius 2 is 1.49 bits per heavy atom. The molecule has 318 valence electrons. The summed E-state index contributed by atoms with van der Waals surface area (Å²) in [5, 5.41) is 0.238. The SMILES string of the molecule is C=C1/C(=C\C=C2/CCC[C@]3(C)[C@@H]([C@H](C)C(CC(=O)C4(c5ccc(C(C)C)cc5)CC4)OC(C)=O)CC[C@@H]23)C[C@@H](O[Si](C)(C)C(C)(C)C)C[C@@H]1O[Si](C)(C)C(C)(C)C. The highest BCUT2D eigenvalue weighted by atomic mass is 28.4. The molecule has 0 bridgehead atoms. The third-order valence-electron chi connectivity index (χ3n) is 16.1. The summed E-state index contributed by atoms with van der Waals surface area (Å²) >= 11 is 0. The molecule has 4 fully saturated rings. The number of ketones is 1. The second-order valence-corrected chi connectivity index (χ2v) is 31.9. The van der Waals surface area contributed by atoms with Gasteiger partial charge in [0, 0.05) is 19.8 Å². The van der Waals surface area contributed by atoms with Gasteiger partial charge in [-0.2, -0.15) is 0 Å². The number of esters is 1. The van der Waals surface area contributed by atoms with Gasteiger partial charge in [-0.05, 0) is 139 Å². The highest BCUT2D eigenvalue weighted by Crippen LogP contribution is 2.60. The Hall–Kier alpha value is -2.07. The van der Waals surface area contributed by atoms with Gasteiger partial charge >= 0.3 is 5.97 Å². The van der Waals surface area contributed by atoms with Crippen LogP contribution < -0.4 is 0 Å². The molecule has 5 nitrogen and oxygen atoms in total. The maximum absolute atomic E-state index is 14.2. The average Bonchev–Trinajstić information content (AvgIpc) is 3.83. The Balaban J connectivity index is 1.38. The molecule has 0 N–H and O–H groups in total. The second-order valence-electron chi connectivity index (χ2n) is 22.4. The third kappa shape index (κ3) is 9.78. The van der Waals surface area contributed by atoms with Crippen molar-refractivity contribution < 1.29 is 23.2 Å². The van der Waals surface area contributed by atoms with Crippen molar-refractivity contribution in [1.29, 1.82) is 0 Å². The van der Waals surface area contributed by atoms with E-state index in [4.69, 9.17) is 20.2 Å². The standard InChI is InChI=1S/C50H80O5Si2/c1-33(2)37-21-23-40(24-22-37)50(28-29-50)46(52)32-44(53-36(5)51)35(4)42-25-26-43-38(18-17-27-49(42,43)12)19-20-39-30-41(54-56(13,14)47(6,7)8)31-45(34(39)3)55-57(15,16)48(9,10)11/h19-24,33,35,41-45H,3,17-18,25-32H2,1-2,4-16H3/b38-19+,39-20-/t35-,41+,42+,43-,44?,45-,49+/m0/s1. The minimum Gasteiger partial charge on any atom is -0.462 e. The first-order chi connectivity index (χ1) is 26.2. The van der Waals surface area contributed by atoms with E-state index >= 15 is 0 Å². The summed E-state index contributed by atoms with van der Waals surface area (Å²) in [6.45, 7) is 38.7. The van der Waals surface area contributed by atoms with Crippen LogP contribution in [0.5, 0.6) is 0 Å². The summed E-state index contributed by atoms with van der Waals surface area (Å²) in [7, 11) is -4.05. The molecule has 4 aliphatic rings. The number of hydrogen-bond acceptors (Lipinski definition) is 5. The summed E-state index contributed by atoms with van der Waals surface area (Å²) in [6, 6.07) is 8.67. The van der Waals surface area contributed by atoms with Crippen molar-refractivity contribution in [3.8, 4) is 0 Å². The van der Waals surface area contributed by atoms with Gasteiger partial charge in [0.25, 0.3) is 0 Å². The van der Waals surface area contributed by atoms with E-state index in [1.54, 1.807) is 0 Å². The van der Waals surface area contributed by atoms with Crippen molar-refractivity contribution in [3.05, 3.63) is 70.8 Å². The van der Waals surface area contributed by atoms with Crippen molar-refractivity contribution >= 4 is 28.4 Å². The quantitative estimate of drug-likeness (QED) is 0.147. The van der Waals surface area contributed by atoms with Gasteiger partial charge in [0.1, 0.15) is 11.9 Å². The first-order valence-electron chi connectivity index (χ1n) is 22.5. The predicted molar refractivity (Wildman–Crippen MR) is 243 cm³/mol. The Bertz CT molecular complexity index is 1700. The maximum Gasteiger partial charge on any atom is 0.302 e. The van der Waals surface area contributed by atoms with Crippen LogP contribution in [0.4, 0.5) is 0 Å². The Morgan fingerprint density at radius 3 is 2.04 bits per heavy atom. The number of hydrogen-bond donors (Lipinski definition) is 0. The van der Waals surface area contributed by atoms with Crippen LogP contribution in [0.1, 0.15) is 157 Å². The summed E-state index contributed by atoms with van der Waals surface area (Å²) in [5.74, 6) is 1.31. The van der Waals surface area contributed by atoms with Gasteiger partial charge in [-0.1, -0.05) is 118 Å². The molecule has 1 aromatic rings. The highest BCUT2D eigenvalue weighted by Gasteiger charge is 2.55. The molecule has 0 radical (unpaired) electrons. The molecule has 0 amide bonds. The minimum atomic E-state index is -2.05. The van der Waals surface area contributed by atoms with E-state index in [2.05, 4.69) is 132 Å². The fourth-order valence-corrected chi connectivity index (χ4v) is 12.8. The van der Waals surface area contributed by atoms with Crippen molar-refractivity contribution in [2.45, 2.75) is 206 Å². The third-order valence-corrected chi connectivity index (χ3v) is 25.1. The highest BCUT2D eigenvalue weighted by molar-refractivity contribution is 6.74. The number of ether oxygens (including phenoxy) is 1. The van der Waals surface area contributed by atoms with Crippen LogP contribution in [0.3, 0.4) is 0 Å². The van der Waals surface area contributed by atoms with Crippen LogP contribution in [0.2, 0.25) is 36.3 Å². The van der Waals surface area contributed by atoms with Crippen LogP contribution in [0.25, 0.3) is 0 Å². The maximum atomic E-state index is 14.2. The fraction of sp³-hybridized carbons (Fsp3) is 0.720. The lowest BCUT2D eigenvalue weighted by Gasteiger charge is -2.46. The van der Waals surface area contributed by atoms with Crippen LogP contribution in [0, 0.1) is 23.2 Å². The molecule has 57 heavy (non-hydrogen) atoms. The predicted octanol–water partition coefficient (Wildman–Crippen LogP) is 13.6. The number of carbonyl (C=O) groups is 2. The normalized spacial score (nSPS) is 29.4. The van der Waals surface area contributed by atoms with Crippen molar-refractivity contribution in [2.24, 2.45) is 23.2 Å². The van der Waals surface area contributed by atoms with Gasteiger partial charge < -0.3 is 13.6 Å². The Labute approximate surface area is 350 Å². The molecule has 0 saturated heterocycles. The van der Waals surface area contributed by atoms with Gasteiger partial charge in [0.2, 0.25) is 0 Å². The zero-order chi connectivity index (χ0) is 42.5. The van der Waals surface area contributed by atoms with Crippen molar-refractivity contribution in [1.82, 2.24) is 0 Å². The van der Waals surface area contributed by atoms with Gasteiger partial charge in [0.05, 0.1) is 17.6 Å². The summed E-state index contributed by atoms with van der Waals surface area (Å²) < 4.78 is 20.4. The molecule has 1 unspecified atom stereocenters. The molecular weight excluding hydrogens is 737 g/mol. The Kier molecular flexibility index (Phi) is 13.5. The number of Topliss-reactive ketones (excluding diaryl/α,β-unsaturated/α-hetero) is 1. The molecule has 1 aromatic carbocycles. The second kappa shape index (κ2) is 16.8. The zero-order valence-electron chi connectivity index (χ0n) is 38.8. The number of rotatable bonds is 13. The topological polar surface area (TPSA) is 61.8 Å². The summed E-state index contributed by atoms with van der Waals surface area (Å²) in [5.41, 5.74) is 5.99. The number of carbonyl (C=O) groups excluding carboxylic acids is 2. The average molecular weight is 817 g/mol. The van der Waals surface area contributed by atoms with Gasteiger partial charge in [-0.15, -0.1) is 0 Å². The molecule has 0 aromatic heterocycles. The molecule has 0 spiro atoms. The molecule has 4 saturated carbocycles. The van der Waals surface area contributed by atoms with E-state index in [0.717, 1.165) is 68.9 Å². The monoisotopic (exact) mass is 817 g/mol. The van der Waals surface area contributed by atoms with Gasteiger partial charge in [-0.25, -0.2) is 0 Å². The van der Waals surface area contributed by atoms with E-state index < -0.39 is 28.2 Å². The molecule has 0 aliphatic heterocycles. The molecule has 4 aliphatic carbocycles. The summed E-state index contributed by atoms with van der Waals surface area (Å²) in [6.07, 6.45) is 13.9. The largest absolute Gasteiger partial charge is 0.462 e. The van der Waals surface area contributed by atoms with Gasteiger partial charge in [-0.3, -0.25) is 9.59 Å². The summed E-state index contributed by atoms with van der Waals surface area (Å²) in [4.78, 5) is 26.8. The van der Waals surface area contributed by atoms with E-state index in [1.807, 2.05) is 0 Å². The smallest absolute Gasteiger partial charge is 0.302 e. The van der Waals surface area contributed by atoms with Crippen LogP contribution in [-0.4, -0.2) is 46.7 Å². The zero-order valence-corrected chi connectivity index (χ0v) is 40.8. The van der Waals surface area contributed by atoms with Crippen LogP contribution >= 0.6 is 0 Å². The molecule has 0 heterocycles. The molecule has 5 rings (SSSR count). The van der Waals surface area contributed by atoms with E-state index in [9.17, 15) is 9.59 Å². The molecule has 7 heteroatoms. The molecule has 7 atom stereocenters. The fourth-order valence-electron chi connectivity index (χ4n) is 10.1. The Morgan fingerprint density at radius 1 is 0.895 bits per heavy atom. The van der Waals surface area contributed by atoms with E-state index in [-0.39, 0.29) is 51.8 Å². The van der Waals surface area contributed by atoms with Crippen LogP contribution in [-0.2, 0) is 28.6 Å². The lowest BCUT2D eigenvalue weighted by atomic mass is 9.60. The number of fused-ring (bicyclic) bond motifs is 1. The molecular formula is C50H80O5Si2. The lowest BCUT2D eigenvalue weighted by Crippen LogP contribution is -2.49. The van der Waals surface area contributed by atoms with Crippen molar-refractivity contribution in [3.63, 3.8) is 0 Å². The number of allylic oxidation sites excluding steroid dienone is 3. The van der Waals surface area contributed by atoms with Crippen molar-refractivity contribution in [2.75, 3.05) is 0 Å².